The number of fused-ring (bicyclic) bond motifs is 1. The van der Waals surface area contributed by atoms with Gasteiger partial charge in [-0.3, -0.25) is 14.6 Å². The van der Waals surface area contributed by atoms with Crippen molar-refractivity contribution in [2.45, 2.75) is 44.7 Å². The molecule has 218 valence electrons. The molecule has 1 amide bonds. The molecule has 5 rings (SSSR count). The molecular weight excluding hydrogens is 528 g/mol. The topological polar surface area (TPSA) is 128 Å². The summed E-state index contributed by atoms with van der Waals surface area (Å²) < 4.78 is 0. The van der Waals surface area contributed by atoms with Crippen molar-refractivity contribution in [3.63, 3.8) is 0 Å². The standard InChI is InChI=1S/C32H38N8O2/c1-21-17-36-32(39-31(21)26-19-35-27-11-5-4-10-25(26)27)38-23-9-6-8-22(16-23)33-20-29(41)28-14-13-24(18-34-28)37-30(42)12-7-15-40(2)3/h4-5,7,10-14,17-19,22-23,33,35H,6,8-9,15-16,20H2,1-3H3,(H,37,42)(H,36,38,39)/b12-7+/t22-,23+/m0/s1. The molecule has 0 unspecified atom stereocenters. The molecule has 0 saturated heterocycles. The first-order valence-corrected chi connectivity index (χ1v) is 14.4. The summed E-state index contributed by atoms with van der Waals surface area (Å²) in [5, 5.41) is 10.9. The van der Waals surface area contributed by atoms with Crippen LogP contribution in [0.25, 0.3) is 22.2 Å². The van der Waals surface area contributed by atoms with Crippen LogP contribution in [-0.4, -0.2) is 75.8 Å². The second-order valence-electron chi connectivity index (χ2n) is 11.1. The van der Waals surface area contributed by atoms with E-state index >= 15 is 0 Å². The van der Waals surface area contributed by atoms with Crippen LogP contribution in [0, 0.1) is 6.92 Å². The van der Waals surface area contributed by atoms with Gasteiger partial charge in [-0.05, 0) is 70.5 Å². The van der Waals surface area contributed by atoms with Gasteiger partial charge in [0.1, 0.15) is 5.69 Å². The largest absolute Gasteiger partial charge is 0.360 e. The van der Waals surface area contributed by atoms with E-state index in [-0.39, 0.29) is 30.3 Å². The summed E-state index contributed by atoms with van der Waals surface area (Å²) in [4.78, 5) is 43.8. The minimum atomic E-state index is -0.231. The average Bonchev–Trinajstić information content (AvgIpc) is 3.41. The molecule has 3 heterocycles. The molecule has 1 aliphatic rings. The highest BCUT2D eigenvalue weighted by Gasteiger charge is 2.23. The fourth-order valence-corrected chi connectivity index (χ4v) is 5.26. The molecule has 4 N–H and O–H groups in total. The van der Waals surface area contributed by atoms with Crippen LogP contribution in [0.4, 0.5) is 11.6 Å². The van der Waals surface area contributed by atoms with E-state index in [2.05, 4.69) is 43.0 Å². The summed E-state index contributed by atoms with van der Waals surface area (Å²) in [5.74, 6) is 0.302. The second kappa shape index (κ2) is 13.5. The van der Waals surface area contributed by atoms with E-state index in [1.807, 2.05) is 50.4 Å². The van der Waals surface area contributed by atoms with E-state index < -0.39 is 0 Å². The Morgan fingerprint density at radius 3 is 2.71 bits per heavy atom. The number of carbonyl (C=O) groups is 2. The lowest BCUT2D eigenvalue weighted by atomic mass is 9.91. The van der Waals surface area contributed by atoms with Gasteiger partial charge in [-0.15, -0.1) is 0 Å². The average molecular weight is 567 g/mol. The number of amides is 1. The van der Waals surface area contributed by atoms with Crippen LogP contribution < -0.4 is 16.0 Å². The fraction of sp³-hybridized carbons (Fsp3) is 0.344. The van der Waals surface area contributed by atoms with Crippen LogP contribution in [0.1, 0.15) is 41.7 Å². The molecule has 1 saturated carbocycles. The zero-order chi connectivity index (χ0) is 29.5. The number of hydrogen-bond acceptors (Lipinski definition) is 8. The normalized spacial score (nSPS) is 17.1. The molecule has 0 aliphatic heterocycles. The first-order valence-electron chi connectivity index (χ1n) is 14.4. The van der Waals surface area contributed by atoms with Gasteiger partial charge in [0.25, 0.3) is 0 Å². The molecule has 4 aromatic rings. The highest BCUT2D eigenvalue weighted by molar-refractivity contribution is 6.00. The number of pyridine rings is 1. The van der Waals surface area contributed by atoms with Gasteiger partial charge in [-0.2, -0.15) is 0 Å². The number of ketones is 1. The third-order valence-corrected chi connectivity index (χ3v) is 7.43. The van der Waals surface area contributed by atoms with E-state index in [4.69, 9.17) is 4.98 Å². The van der Waals surface area contributed by atoms with Crippen molar-refractivity contribution in [3.05, 3.63) is 78.4 Å². The summed E-state index contributed by atoms with van der Waals surface area (Å²) in [6, 6.07) is 12.0. The summed E-state index contributed by atoms with van der Waals surface area (Å²) in [5.41, 5.74) is 5.00. The number of carbonyl (C=O) groups excluding carboxylic acids is 2. The summed E-state index contributed by atoms with van der Waals surface area (Å²) in [7, 11) is 3.87. The Kier molecular flexibility index (Phi) is 9.35. The number of anilines is 2. The SMILES string of the molecule is Cc1cnc(N[C@@H]2CCC[C@H](NCC(=O)c3ccc(NC(=O)/C=C/CN(C)C)cn3)C2)nc1-c1c[nH]c2ccccc12. The third-order valence-electron chi connectivity index (χ3n) is 7.43. The Hall–Kier alpha value is -4.41. The van der Waals surface area contributed by atoms with Gasteiger partial charge in [-0.25, -0.2) is 9.97 Å². The predicted molar refractivity (Wildman–Crippen MR) is 167 cm³/mol. The van der Waals surface area contributed by atoms with Crippen LogP contribution in [0.15, 0.2) is 67.1 Å². The van der Waals surface area contributed by atoms with Gasteiger partial charge in [0.2, 0.25) is 11.9 Å². The van der Waals surface area contributed by atoms with Crippen molar-refractivity contribution in [3.8, 4) is 11.3 Å². The van der Waals surface area contributed by atoms with Gasteiger partial charge in [-0.1, -0.05) is 24.3 Å². The number of rotatable bonds is 11. The van der Waals surface area contributed by atoms with Crippen molar-refractivity contribution in [2.24, 2.45) is 0 Å². The number of aromatic amines is 1. The number of H-pyrrole nitrogens is 1. The molecule has 42 heavy (non-hydrogen) atoms. The van der Waals surface area contributed by atoms with Gasteiger partial charge in [0.15, 0.2) is 5.78 Å². The number of nitrogens with one attached hydrogen (secondary N) is 4. The van der Waals surface area contributed by atoms with E-state index in [1.54, 1.807) is 18.2 Å². The predicted octanol–water partition coefficient (Wildman–Crippen LogP) is 4.58. The number of benzene rings is 1. The van der Waals surface area contributed by atoms with Crippen molar-refractivity contribution in [1.82, 2.24) is 30.2 Å². The third kappa shape index (κ3) is 7.45. The zero-order valence-electron chi connectivity index (χ0n) is 24.4. The minimum Gasteiger partial charge on any atom is -0.360 e. The molecule has 2 atom stereocenters. The molecule has 0 radical (unpaired) electrons. The van der Waals surface area contributed by atoms with Crippen LogP contribution in [0.5, 0.6) is 0 Å². The maximum absolute atomic E-state index is 12.8. The lowest BCUT2D eigenvalue weighted by Crippen LogP contribution is -2.41. The van der Waals surface area contributed by atoms with Gasteiger partial charge in [0.05, 0.1) is 24.1 Å². The van der Waals surface area contributed by atoms with E-state index in [0.29, 0.717) is 23.9 Å². The van der Waals surface area contributed by atoms with Crippen LogP contribution >= 0.6 is 0 Å². The summed E-state index contributed by atoms with van der Waals surface area (Å²) in [6.45, 7) is 2.91. The molecule has 1 fully saturated rings. The van der Waals surface area contributed by atoms with Crippen molar-refractivity contribution in [1.29, 1.82) is 0 Å². The monoisotopic (exact) mass is 566 g/mol. The Bertz CT molecular complexity index is 1560. The van der Waals surface area contributed by atoms with Crippen molar-refractivity contribution in [2.75, 3.05) is 37.8 Å². The first-order chi connectivity index (χ1) is 20.4. The van der Waals surface area contributed by atoms with Gasteiger partial charge < -0.3 is 25.8 Å². The molecule has 1 aliphatic carbocycles. The lowest BCUT2D eigenvalue weighted by molar-refractivity contribution is -0.111. The highest BCUT2D eigenvalue weighted by Crippen LogP contribution is 2.30. The van der Waals surface area contributed by atoms with E-state index in [0.717, 1.165) is 53.4 Å². The Labute approximate surface area is 246 Å². The molecular formula is C32H38N8O2. The van der Waals surface area contributed by atoms with E-state index in [9.17, 15) is 9.59 Å². The number of likely N-dealkylation sites (N-methyl/N-ethyl adjacent to an activating group) is 1. The number of Topliss-reactive ketones (excluding diaryl/α,β-unsaturated/α-hetero) is 1. The van der Waals surface area contributed by atoms with Gasteiger partial charge >= 0.3 is 0 Å². The van der Waals surface area contributed by atoms with E-state index in [1.165, 1.54) is 12.3 Å². The number of aromatic nitrogens is 4. The maximum atomic E-state index is 12.8. The zero-order valence-corrected chi connectivity index (χ0v) is 24.4. The van der Waals surface area contributed by atoms with Crippen molar-refractivity contribution < 1.29 is 9.59 Å². The number of aryl methyl sites for hydroxylation is 1. The fourth-order valence-electron chi connectivity index (χ4n) is 5.26. The molecule has 1 aromatic carbocycles. The Morgan fingerprint density at radius 1 is 1.07 bits per heavy atom. The minimum absolute atomic E-state index is 0.0842. The molecule has 10 nitrogen and oxygen atoms in total. The van der Waals surface area contributed by atoms with Crippen LogP contribution in [0.3, 0.4) is 0 Å². The number of hydrogen-bond donors (Lipinski definition) is 4. The molecule has 10 heteroatoms. The van der Waals surface area contributed by atoms with Gasteiger partial charge in [0, 0.05) is 53.6 Å². The maximum Gasteiger partial charge on any atom is 0.248 e. The summed E-state index contributed by atoms with van der Waals surface area (Å²) >= 11 is 0. The number of para-hydroxylation sites is 1. The summed E-state index contributed by atoms with van der Waals surface area (Å²) in [6.07, 6.45) is 12.6. The Morgan fingerprint density at radius 2 is 1.90 bits per heavy atom. The number of nitrogens with zero attached hydrogens (tertiary/aromatic N) is 4. The molecule has 3 aromatic heterocycles. The smallest absolute Gasteiger partial charge is 0.248 e. The first kappa shape index (κ1) is 29.1. The quantitative estimate of drug-likeness (QED) is 0.153. The molecule has 0 bridgehead atoms. The van der Waals surface area contributed by atoms with Crippen LogP contribution in [-0.2, 0) is 4.79 Å². The van der Waals surface area contributed by atoms with Crippen LogP contribution in [0.2, 0.25) is 0 Å². The molecule has 0 spiro atoms. The Balaban J connectivity index is 1.13. The highest BCUT2D eigenvalue weighted by atomic mass is 16.1. The van der Waals surface area contributed by atoms with Crippen molar-refractivity contribution >= 4 is 34.2 Å². The lowest BCUT2D eigenvalue weighted by Gasteiger charge is -2.30. The second-order valence-corrected chi connectivity index (χ2v) is 11.1.